The van der Waals surface area contributed by atoms with Crippen molar-refractivity contribution in [2.24, 2.45) is 0 Å². The fourth-order valence-corrected chi connectivity index (χ4v) is 7.15. The maximum Gasteiger partial charge on any atom is 0.325 e. The highest BCUT2D eigenvalue weighted by atomic mass is 35.5. The number of rotatable bonds is 9. The average Bonchev–Trinajstić information content (AvgIpc) is 3.60. The number of sulfonamides is 1. The third kappa shape index (κ3) is 4.53. The zero-order chi connectivity index (χ0) is 27.9. The Bertz CT molecular complexity index is 1790. The molecule has 1 aliphatic carbocycles. The molecule has 1 fully saturated rings. The standard InChI is InChI=1S/C29H24ClN5O4S/c30-23-10-6-20(7-11-23)21-8-12-24(13-9-21)40(38,39)35(15-14-34-19-33-27-26(34)17-31-18-32-27)29(28(36)37)16-25(29)22-4-2-1-3-5-22/h1-13,17-19,25H,14-16H2,(H,36,37)/t25-,29+/m0/s1. The van der Waals surface area contributed by atoms with Crippen LogP contribution in [0, 0.1) is 0 Å². The molecule has 6 rings (SSSR count). The molecule has 0 amide bonds. The van der Waals surface area contributed by atoms with Gasteiger partial charge in [-0.1, -0.05) is 66.2 Å². The van der Waals surface area contributed by atoms with Gasteiger partial charge in [0, 0.05) is 24.0 Å². The van der Waals surface area contributed by atoms with Crippen molar-refractivity contribution in [3.8, 4) is 11.1 Å². The summed E-state index contributed by atoms with van der Waals surface area (Å²) in [7, 11) is -4.23. The Morgan fingerprint density at radius 3 is 2.35 bits per heavy atom. The normalized spacial score (nSPS) is 18.7. The van der Waals surface area contributed by atoms with E-state index in [-0.39, 0.29) is 24.4 Å². The fourth-order valence-electron chi connectivity index (χ4n) is 5.25. The minimum Gasteiger partial charge on any atom is -0.480 e. The lowest BCUT2D eigenvalue weighted by atomic mass is 10.1. The van der Waals surface area contributed by atoms with Crippen LogP contribution in [0.25, 0.3) is 22.3 Å². The summed E-state index contributed by atoms with van der Waals surface area (Å²) in [6.45, 7) is 0.0831. The van der Waals surface area contributed by atoms with Crippen molar-refractivity contribution < 1.29 is 18.3 Å². The molecule has 5 aromatic rings. The number of halogens is 1. The van der Waals surface area contributed by atoms with Crippen molar-refractivity contribution in [1.29, 1.82) is 0 Å². The number of carbonyl (C=O) groups is 1. The van der Waals surface area contributed by atoms with Crippen molar-refractivity contribution in [2.45, 2.75) is 29.3 Å². The molecule has 0 saturated heterocycles. The van der Waals surface area contributed by atoms with Crippen LogP contribution in [0.4, 0.5) is 0 Å². The third-order valence-electron chi connectivity index (χ3n) is 7.41. The number of carboxylic acids is 1. The zero-order valence-corrected chi connectivity index (χ0v) is 22.7. The minimum absolute atomic E-state index is 0.0170. The van der Waals surface area contributed by atoms with Gasteiger partial charge < -0.3 is 9.67 Å². The highest BCUT2D eigenvalue weighted by molar-refractivity contribution is 7.89. The summed E-state index contributed by atoms with van der Waals surface area (Å²) in [5.41, 5.74) is 1.96. The molecule has 0 radical (unpaired) electrons. The van der Waals surface area contributed by atoms with Crippen molar-refractivity contribution >= 4 is 38.8 Å². The molecule has 0 unspecified atom stereocenters. The molecule has 9 nitrogen and oxygen atoms in total. The SMILES string of the molecule is O=C(O)[C@@]1(N(CCn2cnc3ncncc32)S(=O)(=O)c2ccc(-c3ccc(Cl)cc3)cc2)C[C@H]1c1ccccc1. The summed E-state index contributed by atoms with van der Waals surface area (Å²) in [5.74, 6) is -1.67. The van der Waals surface area contributed by atoms with Crippen LogP contribution in [0.1, 0.15) is 17.9 Å². The number of carboxylic acid groups (broad SMARTS) is 1. The van der Waals surface area contributed by atoms with E-state index in [4.69, 9.17) is 11.6 Å². The van der Waals surface area contributed by atoms with Gasteiger partial charge in [-0.15, -0.1) is 0 Å². The number of nitrogens with zero attached hydrogens (tertiary/aromatic N) is 5. The molecule has 11 heteroatoms. The second kappa shape index (κ2) is 10.1. The van der Waals surface area contributed by atoms with E-state index in [1.54, 1.807) is 41.4 Å². The van der Waals surface area contributed by atoms with Crippen LogP contribution in [-0.4, -0.2) is 55.4 Å². The van der Waals surface area contributed by atoms with Gasteiger partial charge in [0.25, 0.3) is 0 Å². The van der Waals surface area contributed by atoms with Crippen LogP contribution < -0.4 is 0 Å². The summed E-state index contributed by atoms with van der Waals surface area (Å²) in [6.07, 6.45) is 4.71. The number of imidazole rings is 1. The Hall–Kier alpha value is -4.12. The van der Waals surface area contributed by atoms with Gasteiger partial charge in [0.1, 0.15) is 17.4 Å². The average molecular weight is 574 g/mol. The highest BCUT2D eigenvalue weighted by Crippen LogP contribution is 2.57. The Balaban J connectivity index is 1.38. The largest absolute Gasteiger partial charge is 0.480 e. The lowest BCUT2D eigenvalue weighted by molar-refractivity contribution is -0.143. The van der Waals surface area contributed by atoms with E-state index in [1.165, 1.54) is 18.5 Å². The zero-order valence-electron chi connectivity index (χ0n) is 21.1. The van der Waals surface area contributed by atoms with Gasteiger partial charge in [-0.25, -0.2) is 23.4 Å². The number of hydrogen-bond donors (Lipinski definition) is 1. The van der Waals surface area contributed by atoms with Gasteiger partial charge in [-0.3, -0.25) is 4.79 Å². The predicted octanol–water partition coefficient (Wildman–Crippen LogP) is 4.85. The highest BCUT2D eigenvalue weighted by Gasteiger charge is 2.67. The summed E-state index contributed by atoms with van der Waals surface area (Å²) in [5, 5.41) is 11.1. The molecule has 1 aliphatic rings. The van der Waals surface area contributed by atoms with E-state index in [0.717, 1.165) is 21.0 Å². The monoisotopic (exact) mass is 573 g/mol. The molecule has 202 valence electrons. The van der Waals surface area contributed by atoms with Gasteiger partial charge in [0.05, 0.1) is 17.4 Å². The van der Waals surface area contributed by atoms with Crippen LogP contribution >= 0.6 is 11.6 Å². The van der Waals surface area contributed by atoms with E-state index in [1.807, 2.05) is 42.5 Å². The van der Waals surface area contributed by atoms with Gasteiger partial charge in [-0.05, 0) is 47.4 Å². The first-order valence-electron chi connectivity index (χ1n) is 12.6. The lowest BCUT2D eigenvalue weighted by Gasteiger charge is -2.30. The summed E-state index contributed by atoms with van der Waals surface area (Å²) in [4.78, 5) is 25.3. The summed E-state index contributed by atoms with van der Waals surface area (Å²) < 4.78 is 31.3. The Kier molecular flexibility index (Phi) is 6.61. The van der Waals surface area contributed by atoms with Gasteiger partial charge >= 0.3 is 5.97 Å². The molecule has 2 heterocycles. The quantitative estimate of drug-likeness (QED) is 0.268. The Labute approximate surface area is 235 Å². The number of aliphatic carboxylic acids is 1. The second-order valence-electron chi connectivity index (χ2n) is 9.67. The number of aromatic nitrogens is 4. The number of benzene rings is 3. The molecule has 3 aromatic carbocycles. The van der Waals surface area contributed by atoms with Crippen molar-refractivity contribution in [3.05, 3.63) is 108 Å². The molecule has 2 aromatic heterocycles. The molecular formula is C29H24ClN5O4S. The molecule has 2 atom stereocenters. The lowest BCUT2D eigenvalue weighted by Crippen LogP contribution is -2.49. The maximum atomic E-state index is 14.2. The molecule has 40 heavy (non-hydrogen) atoms. The molecule has 0 spiro atoms. The Morgan fingerprint density at radius 2 is 1.68 bits per heavy atom. The number of hydrogen-bond acceptors (Lipinski definition) is 6. The van der Waals surface area contributed by atoms with E-state index in [0.29, 0.717) is 16.2 Å². The number of fused-ring (bicyclic) bond motifs is 1. The van der Waals surface area contributed by atoms with Crippen LogP contribution in [-0.2, 0) is 21.4 Å². The predicted molar refractivity (Wildman–Crippen MR) is 150 cm³/mol. The topological polar surface area (TPSA) is 118 Å². The van der Waals surface area contributed by atoms with Crippen LogP contribution in [0.15, 0.2) is 103 Å². The van der Waals surface area contributed by atoms with Crippen molar-refractivity contribution in [1.82, 2.24) is 23.8 Å². The molecule has 0 aliphatic heterocycles. The minimum atomic E-state index is -4.23. The third-order valence-corrected chi connectivity index (χ3v) is 9.62. The summed E-state index contributed by atoms with van der Waals surface area (Å²) >= 11 is 6.00. The van der Waals surface area contributed by atoms with E-state index in [9.17, 15) is 18.3 Å². The van der Waals surface area contributed by atoms with E-state index in [2.05, 4.69) is 15.0 Å². The van der Waals surface area contributed by atoms with E-state index < -0.39 is 27.4 Å². The van der Waals surface area contributed by atoms with Crippen LogP contribution in [0.5, 0.6) is 0 Å². The van der Waals surface area contributed by atoms with E-state index >= 15 is 0 Å². The summed E-state index contributed by atoms with van der Waals surface area (Å²) in [6, 6.07) is 22.9. The molecule has 1 N–H and O–H groups in total. The maximum absolute atomic E-state index is 14.2. The van der Waals surface area contributed by atoms with Crippen LogP contribution in [0.3, 0.4) is 0 Å². The first-order valence-corrected chi connectivity index (χ1v) is 14.4. The first kappa shape index (κ1) is 26.1. The Morgan fingerprint density at radius 1 is 1.00 bits per heavy atom. The van der Waals surface area contributed by atoms with Gasteiger partial charge in [0.2, 0.25) is 10.0 Å². The van der Waals surface area contributed by atoms with Crippen molar-refractivity contribution in [2.75, 3.05) is 6.54 Å². The fraction of sp³-hybridized carbons (Fsp3) is 0.172. The van der Waals surface area contributed by atoms with Gasteiger partial charge in [-0.2, -0.15) is 4.31 Å². The first-order chi connectivity index (χ1) is 19.3. The molecular weight excluding hydrogens is 550 g/mol. The second-order valence-corrected chi connectivity index (χ2v) is 12.0. The molecule has 0 bridgehead atoms. The van der Waals surface area contributed by atoms with Crippen molar-refractivity contribution in [3.63, 3.8) is 0 Å². The van der Waals surface area contributed by atoms with Gasteiger partial charge in [0.15, 0.2) is 5.65 Å². The van der Waals surface area contributed by atoms with Crippen LogP contribution in [0.2, 0.25) is 5.02 Å². The smallest absolute Gasteiger partial charge is 0.325 e. The molecule has 1 saturated carbocycles.